The van der Waals surface area contributed by atoms with Gasteiger partial charge in [0.25, 0.3) is 0 Å². The van der Waals surface area contributed by atoms with Crippen molar-refractivity contribution in [3.8, 4) is 0 Å². The molecule has 1 aliphatic rings. The van der Waals surface area contributed by atoms with Gasteiger partial charge in [0.2, 0.25) is 5.91 Å². The number of morpholine rings is 1. The van der Waals surface area contributed by atoms with E-state index in [0.717, 1.165) is 24.3 Å². The largest absolute Gasteiger partial charge is 0.374 e. The molecule has 1 unspecified atom stereocenters. The molecule has 0 spiro atoms. The minimum Gasteiger partial charge on any atom is -0.374 e. The highest BCUT2D eigenvalue weighted by atomic mass is 16.5. The SMILES string of the molecule is Cc1noc(C)c1CC(=O)NCC1CNCCO1. The minimum atomic E-state index is -0.0291. The van der Waals surface area contributed by atoms with Gasteiger partial charge < -0.3 is 19.9 Å². The third-order valence-corrected chi connectivity index (χ3v) is 3.05. The van der Waals surface area contributed by atoms with Crippen molar-refractivity contribution in [3.05, 3.63) is 17.0 Å². The van der Waals surface area contributed by atoms with Crippen molar-refractivity contribution in [1.82, 2.24) is 15.8 Å². The molecular formula is C12H19N3O3. The number of aryl methyl sites for hydroxylation is 2. The Labute approximate surface area is 106 Å². The average Bonchev–Trinajstić information content (AvgIpc) is 2.69. The van der Waals surface area contributed by atoms with Gasteiger partial charge in [-0.1, -0.05) is 5.16 Å². The molecule has 18 heavy (non-hydrogen) atoms. The predicted molar refractivity (Wildman–Crippen MR) is 65.3 cm³/mol. The fraction of sp³-hybridized carbons (Fsp3) is 0.667. The lowest BCUT2D eigenvalue weighted by Crippen LogP contribution is -2.45. The van der Waals surface area contributed by atoms with E-state index >= 15 is 0 Å². The Hall–Kier alpha value is -1.40. The van der Waals surface area contributed by atoms with Crippen LogP contribution in [0, 0.1) is 13.8 Å². The zero-order valence-electron chi connectivity index (χ0n) is 10.8. The van der Waals surface area contributed by atoms with E-state index in [1.807, 2.05) is 13.8 Å². The second kappa shape index (κ2) is 5.97. The molecule has 0 aliphatic carbocycles. The second-order valence-electron chi connectivity index (χ2n) is 4.48. The molecule has 2 heterocycles. The average molecular weight is 253 g/mol. The third kappa shape index (κ3) is 3.30. The van der Waals surface area contributed by atoms with Gasteiger partial charge in [0.1, 0.15) is 5.76 Å². The Kier molecular flexibility index (Phi) is 4.33. The first kappa shape index (κ1) is 13.0. The van der Waals surface area contributed by atoms with Crippen molar-refractivity contribution < 1.29 is 14.1 Å². The van der Waals surface area contributed by atoms with Crippen LogP contribution in [0.1, 0.15) is 17.0 Å². The molecule has 1 aromatic rings. The van der Waals surface area contributed by atoms with Gasteiger partial charge in [-0.25, -0.2) is 0 Å². The molecule has 1 aromatic heterocycles. The van der Waals surface area contributed by atoms with Crippen molar-refractivity contribution in [1.29, 1.82) is 0 Å². The molecule has 0 aromatic carbocycles. The van der Waals surface area contributed by atoms with Crippen LogP contribution in [0.5, 0.6) is 0 Å². The molecule has 1 aliphatic heterocycles. The summed E-state index contributed by atoms with van der Waals surface area (Å²) in [5.41, 5.74) is 1.65. The summed E-state index contributed by atoms with van der Waals surface area (Å²) in [6, 6.07) is 0. The molecule has 6 heteroatoms. The summed E-state index contributed by atoms with van der Waals surface area (Å²) in [5, 5.41) is 9.92. The van der Waals surface area contributed by atoms with Gasteiger partial charge in [0.05, 0.1) is 24.8 Å². The van der Waals surface area contributed by atoms with E-state index in [1.165, 1.54) is 0 Å². The first-order chi connectivity index (χ1) is 8.66. The van der Waals surface area contributed by atoms with Crippen molar-refractivity contribution in [3.63, 3.8) is 0 Å². The van der Waals surface area contributed by atoms with Crippen LogP contribution in [0.15, 0.2) is 4.52 Å². The normalized spacial score (nSPS) is 19.8. The monoisotopic (exact) mass is 253 g/mol. The quantitative estimate of drug-likeness (QED) is 0.786. The standard InChI is InChI=1S/C12H19N3O3/c1-8-11(9(2)18-15-8)5-12(16)14-7-10-6-13-3-4-17-10/h10,13H,3-7H2,1-2H3,(H,14,16). The molecular weight excluding hydrogens is 234 g/mol. The molecule has 2 N–H and O–H groups in total. The molecule has 0 bridgehead atoms. The van der Waals surface area contributed by atoms with Gasteiger partial charge in [-0.05, 0) is 13.8 Å². The molecule has 1 atom stereocenters. The number of carbonyl (C=O) groups is 1. The number of amides is 1. The van der Waals surface area contributed by atoms with Gasteiger partial charge in [0, 0.05) is 25.2 Å². The van der Waals surface area contributed by atoms with E-state index in [4.69, 9.17) is 9.26 Å². The summed E-state index contributed by atoms with van der Waals surface area (Å²) in [5.74, 6) is 0.678. The Bertz CT molecular complexity index is 391. The number of carbonyl (C=O) groups excluding carboxylic acids is 1. The number of hydrogen-bond donors (Lipinski definition) is 2. The van der Waals surface area contributed by atoms with Crippen LogP contribution < -0.4 is 10.6 Å². The molecule has 1 amide bonds. The topological polar surface area (TPSA) is 76.4 Å². The number of aromatic nitrogens is 1. The van der Waals surface area contributed by atoms with Gasteiger partial charge in [-0.3, -0.25) is 4.79 Å². The summed E-state index contributed by atoms with van der Waals surface area (Å²) in [4.78, 5) is 11.8. The van der Waals surface area contributed by atoms with E-state index in [9.17, 15) is 4.79 Å². The van der Waals surface area contributed by atoms with Crippen molar-refractivity contribution in [2.75, 3.05) is 26.2 Å². The van der Waals surface area contributed by atoms with E-state index < -0.39 is 0 Å². The highest BCUT2D eigenvalue weighted by molar-refractivity contribution is 5.79. The fourth-order valence-corrected chi connectivity index (χ4v) is 1.96. The minimum absolute atomic E-state index is 0.0291. The van der Waals surface area contributed by atoms with Crippen LogP contribution in [-0.2, 0) is 16.0 Å². The maximum absolute atomic E-state index is 11.8. The number of rotatable bonds is 4. The molecule has 0 saturated carbocycles. The molecule has 1 saturated heterocycles. The maximum Gasteiger partial charge on any atom is 0.224 e. The summed E-state index contributed by atoms with van der Waals surface area (Å²) < 4.78 is 10.5. The lowest BCUT2D eigenvalue weighted by Gasteiger charge is -2.23. The molecule has 100 valence electrons. The van der Waals surface area contributed by atoms with Gasteiger partial charge in [0.15, 0.2) is 0 Å². The fourth-order valence-electron chi connectivity index (χ4n) is 1.96. The van der Waals surface area contributed by atoms with E-state index in [2.05, 4.69) is 15.8 Å². The highest BCUT2D eigenvalue weighted by Gasteiger charge is 2.16. The molecule has 1 fully saturated rings. The first-order valence-corrected chi connectivity index (χ1v) is 6.17. The smallest absolute Gasteiger partial charge is 0.224 e. The summed E-state index contributed by atoms with van der Waals surface area (Å²) in [7, 11) is 0. The molecule has 0 radical (unpaired) electrons. The van der Waals surface area contributed by atoms with Crippen LogP contribution in [0.25, 0.3) is 0 Å². The number of nitrogens with zero attached hydrogens (tertiary/aromatic N) is 1. The Morgan fingerprint density at radius 3 is 3.00 bits per heavy atom. The van der Waals surface area contributed by atoms with Crippen LogP contribution in [0.2, 0.25) is 0 Å². The van der Waals surface area contributed by atoms with E-state index in [-0.39, 0.29) is 12.0 Å². The highest BCUT2D eigenvalue weighted by Crippen LogP contribution is 2.12. The van der Waals surface area contributed by atoms with Crippen molar-refractivity contribution >= 4 is 5.91 Å². The molecule has 2 rings (SSSR count). The summed E-state index contributed by atoms with van der Waals surface area (Å²) in [6.45, 7) is 6.55. The first-order valence-electron chi connectivity index (χ1n) is 6.17. The number of nitrogens with one attached hydrogen (secondary N) is 2. The van der Waals surface area contributed by atoms with E-state index in [1.54, 1.807) is 0 Å². The zero-order valence-corrected chi connectivity index (χ0v) is 10.8. The Morgan fingerprint density at radius 2 is 2.39 bits per heavy atom. The van der Waals surface area contributed by atoms with Crippen LogP contribution in [0.4, 0.5) is 0 Å². The van der Waals surface area contributed by atoms with Crippen molar-refractivity contribution in [2.45, 2.75) is 26.4 Å². The van der Waals surface area contributed by atoms with Gasteiger partial charge >= 0.3 is 0 Å². The van der Waals surface area contributed by atoms with Crippen LogP contribution in [0.3, 0.4) is 0 Å². The lowest BCUT2D eigenvalue weighted by atomic mass is 10.1. The summed E-state index contributed by atoms with van der Waals surface area (Å²) in [6.07, 6.45) is 0.369. The van der Waals surface area contributed by atoms with E-state index in [0.29, 0.717) is 25.3 Å². The zero-order chi connectivity index (χ0) is 13.0. The van der Waals surface area contributed by atoms with Crippen LogP contribution >= 0.6 is 0 Å². The van der Waals surface area contributed by atoms with Crippen molar-refractivity contribution in [2.24, 2.45) is 0 Å². The van der Waals surface area contributed by atoms with Gasteiger partial charge in [-0.2, -0.15) is 0 Å². The van der Waals surface area contributed by atoms with Gasteiger partial charge in [-0.15, -0.1) is 0 Å². The van der Waals surface area contributed by atoms with Crippen LogP contribution in [-0.4, -0.2) is 43.4 Å². The predicted octanol–water partition coefficient (Wildman–Crippen LogP) is -0.0615. The Morgan fingerprint density at radius 1 is 1.56 bits per heavy atom. The third-order valence-electron chi connectivity index (χ3n) is 3.05. The lowest BCUT2D eigenvalue weighted by molar-refractivity contribution is -0.121. The number of ether oxygens (including phenoxy) is 1. The Balaban J connectivity index is 1.78. The summed E-state index contributed by atoms with van der Waals surface area (Å²) >= 11 is 0. The number of hydrogen-bond acceptors (Lipinski definition) is 5. The second-order valence-corrected chi connectivity index (χ2v) is 4.48. The maximum atomic E-state index is 11.8. The molecule has 6 nitrogen and oxygen atoms in total.